The molecule has 108 valence electrons. The van der Waals surface area contributed by atoms with Crippen LogP contribution in [0.1, 0.15) is 6.42 Å². The molecule has 21 heavy (non-hydrogen) atoms. The Kier molecular flexibility index (Phi) is 3.94. The molecule has 5 heteroatoms. The Morgan fingerprint density at radius 1 is 1.14 bits per heavy atom. The smallest absolute Gasteiger partial charge is 0.247 e. The first kappa shape index (κ1) is 14.1. The lowest BCUT2D eigenvalue weighted by atomic mass is 10.1. The van der Waals surface area contributed by atoms with Crippen LogP contribution in [0.4, 0.5) is 5.69 Å². The van der Waals surface area contributed by atoms with Crippen molar-refractivity contribution in [1.82, 2.24) is 0 Å². The Labute approximate surface area is 126 Å². The molecule has 2 aromatic carbocycles. The van der Waals surface area contributed by atoms with E-state index in [1.807, 2.05) is 36.4 Å². The van der Waals surface area contributed by atoms with Crippen molar-refractivity contribution in [2.45, 2.75) is 11.7 Å². The maximum atomic E-state index is 12.5. The van der Waals surface area contributed by atoms with Gasteiger partial charge in [-0.05, 0) is 11.5 Å². The van der Waals surface area contributed by atoms with Gasteiger partial charge in [-0.15, -0.1) is 11.8 Å². The number of hydrogen-bond acceptors (Lipinski definition) is 4. The van der Waals surface area contributed by atoms with Crippen LogP contribution in [0.5, 0.6) is 0 Å². The van der Waals surface area contributed by atoms with E-state index in [-0.39, 0.29) is 30.1 Å². The summed E-state index contributed by atoms with van der Waals surface area (Å²) in [5.74, 6) is 0.106. The van der Waals surface area contributed by atoms with Crippen LogP contribution in [0.25, 0.3) is 10.8 Å². The van der Waals surface area contributed by atoms with Gasteiger partial charge in [0.15, 0.2) is 0 Å². The number of anilines is 1. The van der Waals surface area contributed by atoms with Gasteiger partial charge in [-0.2, -0.15) is 0 Å². The highest BCUT2D eigenvalue weighted by molar-refractivity contribution is 8.00. The van der Waals surface area contributed by atoms with Crippen LogP contribution >= 0.6 is 11.8 Å². The number of benzene rings is 2. The third kappa shape index (κ3) is 2.54. The van der Waals surface area contributed by atoms with E-state index in [2.05, 4.69) is 0 Å². The largest absolute Gasteiger partial charge is 0.396 e. The number of rotatable bonds is 4. The first-order valence-electron chi connectivity index (χ1n) is 6.79. The summed E-state index contributed by atoms with van der Waals surface area (Å²) in [7, 11) is 0. The number of carbonyl (C=O) groups is 2. The fourth-order valence-corrected chi connectivity index (χ4v) is 3.48. The zero-order valence-corrected chi connectivity index (χ0v) is 12.2. The van der Waals surface area contributed by atoms with E-state index in [4.69, 9.17) is 5.11 Å². The van der Waals surface area contributed by atoms with Gasteiger partial charge in [0.2, 0.25) is 11.8 Å². The second-order valence-electron chi connectivity index (χ2n) is 4.85. The van der Waals surface area contributed by atoms with Gasteiger partial charge in [-0.1, -0.05) is 36.4 Å². The Balaban J connectivity index is 1.99. The van der Waals surface area contributed by atoms with Crippen LogP contribution in [0, 0.1) is 0 Å². The zero-order valence-electron chi connectivity index (χ0n) is 11.4. The van der Waals surface area contributed by atoms with E-state index in [0.29, 0.717) is 11.4 Å². The molecule has 0 saturated carbocycles. The summed E-state index contributed by atoms with van der Waals surface area (Å²) < 4.78 is 0. The van der Waals surface area contributed by atoms with Crippen LogP contribution < -0.4 is 4.90 Å². The van der Waals surface area contributed by atoms with Gasteiger partial charge in [0.25, 0.3) is 0 Å². The minimum absolute atomic E-state index is 0.0108. The average molecular weight is 301 g/mol. The molecular weight excluding hydrogens is 286 g/mol. The highest BCUT2D eigenvalue weighted by atomic mass is 32.2. The SMILES string of the molecule is O=C1C[C@H](SCCO)C(=O)N1c1cccc2ccccc12. The van der Waals surface area contributed by atoms with Crippen LogP contribution in [0.2, 0.25) is 0 Å². The van der Waals surface area contributed by atoms with Crippen molar-refractivity contribution in [1.29, 1.82) is 0 Å². The third-order valence-corrected chi connectivity index (χ3v) is 4.71. The summed E-state index contributed by atoms with van der Waals surface area (Å²) in [6.45, 7) is 0.0108. The number of thioether (sulfide) groups is 1. The minimum atomic E-state index is -0.386. The number of hydrogen-bond donors (Lipinski definition) is 1. The zero-order chi connectivity index (χ0) is 14.8. The number of amides is 2. The van der Waals surface area contributed by atoms with Crippen LogP contribution in [0.15, 0.2) is 42.5 Å². The number of aliphatic hydroxyl groups excluding tert-OH is 1. The van der Waals surface area contributed by atoms with Crippen LogP contribution in [0.3, 0.4) is 0 Å². The molecule has 1 heterocycles. The molecule has 1 aliphatic heterocycles. The summed E-state index contributed by atoms with van der Waals surface area (Å²) in [5, 5.41) is 10.4. The standard InChI is InChI=1S/C16H15NO3S/c18-8-9-21-14-10-15(19)17(16(14)20)13-7-3-5-11-4-1-2-6-12(11)13/h1-7,14,18H,8-10H2/t14-/m0/s1. The number of fused-ring (bicyclic) bond motifs is 1. The molecule has 0 bridgehead atoms. The molecule has 1 saturated heterocycles. The normalized spacial score (nSPS) is 18.7. The molecule has 1 aliphatic rings. The van der Waals surface area contributed by atoms with Crippen LogP contribution in [-0.2, 0) is 9.59 Å². The fourth-order valence-electron chi connectivity index (χ4n) is 2.59. The first-order valence-corrected chi connectivity index (χ1v) is 7.84. The number of carbonyl (C=O) groups excluding carboxylic acids is 2. The quantitative estimate of drug-likeness (QED) is 0.880. The molecule has 0 aromatic heterocycles. The van der Waals surface area contributed by atoms with Crippen molar-refractivity contribution in [3.63, 3.8) is 0 Å². The predicted octanol–water partition coefficient (Wildman–Crippen LogP) is 2.20. The molecule has 1 N–H and O–H groups in total. The van der Waals surface area contributed by atoms with Gasteiger partial charge < -0.3 is 5.11 Å². The molecule has 4 nitrogen and oxygen atoms in total. The topological polar surface area (TPSA) is 57.6 Å². The van der Waals surface area contributed by atoms with E-state index in [9.17, 15) is 9.59 Å². The van der Waals surface area contributed by atoms with Crippen molar-refractivity contribution in [3.8, 4) is 0 Å². The van der Waals surface area contributed by atoms with Gasteiger partial charge in [0.05, 0.1) is 17.5 Å². The summed E-state index contributed by atoms with van der Waals surface area (Å²) >= 11 is 1.34. The lowest BCUT2D eigenvalue weighted by Crippen LogP contribution is -2.31. The summed E-state index contributed by atoms with van der Waals surface area (Å²) in [5.41, 5.74) is 0.648. The maximum absolute atomic E-state index is 12.5. The second kappa shape index (κ2) is 5.87. The molecule has 3 rings (SSSR count). The average Bonchev–Trinajstić information content (AvgIpc) is 2.79. The van der Waals surface area contributed by atoms with E-state index in [0.717, 1.165) is 10.8 Å². The lowest BCUT2D eigenvalue weighted by molar-refractivity contribution is -0.121. The number of aliphatic hydroxyl groups is 1. The van der Waals surface area contributed by atoms with Gasteiger partial charge in [-0.25, -0.2) is 4.90 Å². The Hall–Kier alpha value is -1.85. The third-order valence-electron chi connectivity index (χ3n) is 3.52. The second-order valence-corrected chi connectivity index (χ2v) is 6.16. The minimum Gasteiger partial charge on any atom is -0.396 e. The van der Waals surface area contributed by atoms with Crippen molar-refractivity contribution in [2.24, 2.45) is 0 Å². The van der Waals surface area contributed by atoms with Crippen molar-refractivity contribution >= 4 is 40.0 Å². The number of nitrogens with zero attached hydrogens (tertiary/aromatic N) is 1. The van der Waals surface area contributed by atoms with Gasteiger partial charge >= 0.3 is 0 Å². The van der Waals surface area contributed by atoms with Crippen molar-refractivity contribution < 1.29 is 14.7 Å². The summed E-state index contributed by atoms with van der Waals surface area (Å²) in [6.07, 6.45) is 0.201. The lowest BCUT2D eigenvalue weighted by Gasteiger charge is -2.17. The van der Waals surface area contributed by atoms with E-state index >= 15 is 0 Å². The molecule has 2 amide bonds. The monoisotopic (exact) mass is 301 g/mol. The molecule has 0 spiro atoms. The fraction of sp³-hybridized carbons (Fsp3) is 0.250. The van der Waals surface area contributed by atoms with E-state index < -0.39 is 0 Å². The molecule has 0 aliphatic carbocycles. The maximum Gasteiger partial charge on any atom is 0.247 e. The molecule has 0 unspecified atom stereocenters. The summed E-state index contributed by atoms with van der Waals surface area (Å²) in [4.78, 5) is 26.0. The molecule has 1 fully saturated rings. The Morgan fingerprint density at radius 3 is 2.71 bits per heavy atom. The number of imide groups is 1. The van der Waals surface area contributed by atoms with E-state index in [1.165, 1.54) is 16.7 Å². The highest BCUT2D eigenvalue weighted by Crippen LogP contribution is 2.33. The Bertz CT molecular complexity index is 695. The van der Waals surface area contributed by atoms with Crippen molar-refractivity contribution in [2.75, 3.05) is 17.3 Å². The van der Waals surface area contributed by atoms with Crippen molar-refractivity contribution in [3.05, 3.63) is 42.5 Å². The molecule has 1 atom stereocenters. The highest BCUT2D eigenvalue weighted by Gasteiger charge is 2.40. The first-order chi connectivity index (χ1) is 10.2. The predicted molar refractivity (Wildman–Crippen MR) is 84.4 cm³/mol. The van der Waals surface area contributed by atoms with Crippen LogP contribution in [-0.4, -0.2) is 34.5 Å². The Morgan fingerprint density at radius 2 is 1.90 bits per heavy atom. The molecular formula is C16H15NO3S. The van der Waals surface area contributed by atoms with Gasteiger partial charge in [0, 0.05) is 17.6 Å². The van der Waals surface area contributed by atoms with E-state index in [1.54, 1.807) is 6.07 Å². The van der Waals surface area contributed by atoms with Gasteiger partial charge in [-0.3, -0.25) is 9.59 Å². The summed E-state index contributed by atoms with van der Waals surface area (Å²) in [6, 6.07) is 13.3. The van der Waals surface area contributed by atoms with Gasteiger partial charge in [0.1, 0.15) is 0 Å². The molecule has 2 aromatic rings. The molecule has 0 radical (unpaired) electrons.